The van der Waals surface area contributed by atoms with Gasteiger partial charge < -0.3 is 9.47 Å². The standard InChI is InChI=1S/C8H12O4/c1-8(7(10)12-3)4-5(8)6(9)11-2/h5H,4H2,1-3H3/t5-,8+/m0/s1. The molecule has 1 aliphatic rings. The van der Waals surface area contributed by atoms with E-state index in [0.717, 1.165) is 0 Å². The van der Waals surface area contributed by atoms with E-state index in [1.807, 2.05) is 0 Å². The molecule has 0 aromatic carbocycles. The Hall–Kier alpha value is -1.06. The van der Waals surface area contributed by atoms with Gasteiger partial charge in [0, 0.05) is 0 Å². The molecule has 1 fully saturated rings. The summed E-state index contributed by atoms with van der Waals surface area (Å²) in [6, 6.07) is 0. The lowest BCUT2D eigenvalue weighted by Crippen LogP contribution is -2.20. The highest BCUT2D eigenvalue weighted by Crippen LogP contribution is 2.53. The first-order valence-electron chi connectivity index (χ1n) is 3.72. The molecular weight excluding hydrogens is 160 g/mol. The molecule has 1 saturated carbocycles. The third-order valence-corrected chi connectivity index (χ3v) is 2.37. The predicted octanol–water partition coefficient (Wildman–Crippen LogP) is 0.359. The Balaban J connectivity index is 2.59. The minimum Gasteiger partial charge on any atom is -0.469 e. The quantitative estimate of drug-likeness (QED) is 0.564. The maximum absolute atomic E-state index is 11.1. The number of hydrogen-bond acceptors (Lipinski definition) is 4. The number of esters is 2. The number of ether oxygens (including phenoxy) is 2. The van der Waals surface area contributed by atoms with Crippen molar-refractivity contribution in [1.29, 1.82) is 0 Å². The molecule has 0 bridgehead atoms. The second-order valence-electron chi connectivity index (χ2n) is 3.19. The van der Waals surface area contributed by atoms with Crippen molar-refractivity contribution < 1.29 is 19.1 Å². The molecule has 0 aliphatic heterocycles. The average Bonchev–Trinajstić information content (AvgIpc) is 2.76. The summed E-state index contributed by atoms with van der Waals surface area (Å²) >= 11 is 0. The monoisotopic (exact) mass is 172 g/mol. The van der Waals surface area contributed by atoms with Gasteiger partial charge in [0.1, 0.15) is 0 Å². The fourth-order valence-electron chi connectivity index (χ4n) is 1.31. The lowest BCUT2D eigenvalue weighted by atomic mass is 10.1. The number of carbonyl (C=O) groups excluding carboxylic acids is 2. The van der Waals surface area contributed by atoms with Crippen LogP contribution in [0.5, 0.6) is 0 Å². The Morgan fingerprint density at radius 1 is 1.33 bits per heavy atom. The zero-order valence-electron chi connectivity index (χ0n) is 7.42. The highest BCUT2D eigenvalue weighted by molar-refractivity contribution is 5.90. The highest BCUT2D eigenvalue weighted by atomic mass is 16.5. The molecule has 0 amide bonds. The summed E-state index contributed by atoms with van der Waals surface area (Å²) in [5, 5.41) is 0. The van der Waals surface area contributed by atoms with Crippen LogP contribution in [0.3, 0.4) is 0 Å². The fourth-order valence-corrected chi connectivity index (χ4v) is 1.31. The Morgan fingerprint density at radius 3 is 2.33 bits per heavy atom. The van der Waals surface area contributed by atoms with Crippen LogP contribution < -0.4 is 0 Å². The van der Waals surface area contributed by atoms with Gasteiger partial charge in [0.05, 0.1) is 25.6 Å². The molecule has 0 radical (unpaired) electrons. The largest absolute Gasteiger partial charge is 0.469 e. The van der Waals surface area contributed by atoms with Gasteiger partial charge in [-0.05, 0) is 13.3 Å². The van der Waals surface area contributed by atoms with Gasteiger partial charge >= 0.3 is 11.9 Å². The summed E-state index contributed by atoms with van der Waals surface area (Å²) in [6.45, 7) is 1.71. The van der Waals surface area contributed by atoms with E-state index in [1.165, 1.54) is 14.2 Å². The van der Waals surface area contributed by atoms with E-state index in [-0.39, 0.29) is 17.9 Å². The van der Waals surface area contributed by atoms with E-state index in [0.29, 0.717) is 6.42 Å². The van der Waals surface area contributed by atoms with Gasteiger partial charge in [-0.1, -0.05) is 0 Å². The van der Waals surface area contributed by atoms with Crippen molar-refractivity contribution in [2.75, 3.05) is 14.2 Å². The van der Waals surface area contributed by atoms with Crippen LogP contribution in [0.25, 0.3) is 0 Å². The number of methoxy groups -OCH3 is 2. The summed E-state index contributed by atoms with van der Waals surface area (Å²) < 4.78 is 9.07. The van der Waals surface area contributed by atoms with Crippen LogP contribution in [0.1, 0.15) is 13.3 Å². The van der Waals surface area contributed by atoms with Gasteiger partial charge in [-0.3, -0.25) is 9.59 Å². The third kappa shape index (κ3) is 1.17. The molecule has 0 heterocycles. The van der Waals surface area contributed by atoms with Crippen molar-refractivity contribution in [2.24, 2.45) is 11.3 Å². The van der Waals surface area contributed by atoms with Crippen LogP contribution >= 0.6 is 0 Å². The van der Waals surface area contributed by atoms with E-state index < -0.39 is 5.41 Å². The number of hydrogen-bond donors (Lipinski definition) is 0. The first-order valence-corrected chi connectivity index (χ1v) is 3.72. The smallest absolute Gasteiger partial charge is 0.312 e. The molecule has 68 valence electrons. The minimum atomic E-state index is -0.637. The molecule has 0 aromatic heterocycles. The van der Waals surface area contributed by atoms with Crippen molar-refractivity contribution in [3.05, 3.63) is 0 Å². The molecule has 1 rings (SSSR count). The summed E-state index contributed by atoms with van der Waals surface area (Å²) in [6.07, 6.45) is 0.534. The summed E-state index contributed by atoms with van der Waals surface area (Å²) in [5.74, 6) is -0.976. The third-order valence-electron chi connectivity index (χ3n) is 2.37. The van der Waals surface area contributed by atoms with Crippen molar-refractivity contribution in [3.63, 3.8) is 0 Å². The first kappa shape index (κ1) is 9.03. The molecule has 0 unspecified atom stereocenters. The predicted molar refractivity (Wildman–Crippen MR) is 40.2 cm³/mol. The van der Waals surface area contributed by atoms with Crippen molar-refractivity contribution in [2.45, 2.75) is 13.3 Å². The summed E-state index contributed by atoms with van der Waals surface area (Å²) in [7, 11) is 2.64. The molecule has 4 heteroatoms. The van der Waals surface area contributed by atoms with Crippen LogP contribution in [-0.2, 0) is 19.1 Å². The summed E-state index contributed by atoms with van der Waals surface area (Å²) in [5.41, 5.74) is -0.637. The van der Waals surface area contributed by atoms with Crippen LogP contribution in [0.15, 0.2) is 0 Å². The topological polar surface area (TPSA) is 52.6 Å². The van der Waals surface area contributed by atoms with Gasteiger partial charge in [0.15, 0.2) is 0 Å². The number of rotatable bonds is 2. The van der Waals surface area contributed by atoms with E-state index >= 15 is 0 Å². The second kappa shape index (κ2) is 2.77. The Morgan fingerprint density at radius 2 is 1.92 bits per heavy atom. The van der Waals surface area contributed by atoms with E-state index in [2.05, 4.69) is 9.47 Å². The Kier molecular flexibility index (Phi) is 2.08. The normalized spacial score (nSPS) is 32.4. The van der Waals surface area contributed by atoms with E-state index in [1.54, 1.807) is 6.92 Å². The second-order valence-corrected chi connectivity index (χ2v) is 3.19. The Bertz CT molecular complexity index is 223. The fraction of sp³-hybridized carbons (Fsp3) is 0.750. The molecule has 0 N–H and O–H groups in total. The highest BCUT2D eigenvalue weighted by Gasteiger charge is 2.61. The molecule has 0 spiro atoms. The van der Waals surface area contributed by atoms with Gasteiger partial charge in [-0.15, -0.1) is 0 Å². The average molecular weight is 172 g/mol. The van der Waals surface area contributed by atoms with Crippen molar-refractivity contribution in [3.8, 4) is 0 Å². The Labute approximate surface area is 70.8 Å². The summed E-state index contributed by atoms with van der Waals surface area (Å²) in [4.78, 5) is 22.1. The zero-order valence-corrected chi connectivity index (χ0v) is 7.42. The first-order chi connectivity index (χ1) is 5.56. The van der Waals surface area contributed by atoms with Gasteiger partial charge in [0.2, 0.25) is 0 Å². The van der Waals surface area contributed by atoms with Gasteiger partial charge in [-0.2, -0.15) is 0 Å². The van der Waals surface area contributed by atoms with Gasteiger partial charge in [-0.25, -0.2) is 0 Å². The van der Waals surface area contributed by atoms with Crippen LogP contribution in [-0.4, -0.2) is 26.2 Å². The molecule has 2 atom stereocenters. The molecular formula is C8H12O4. The lowest BCUT2D eigenvalue weighted by Gasteiger charge is -2.06. The van der Waals surface area contributed by atoms with Crippen molar-refractivity contribution in [1.82, 2.24) is 0 Å². The lowest BCUT2D eigenvalue weighted by molar-refractivity contribution is -0.152. The molecule has 1 aliphatic carbocycles. The number of carbonyl (C=O) groups is 2. The molecule has 0 aromatic rings. The molecule has 0 saturated heterocycles. The molecule has 12 heavy (non-hydrogen) atoms. The molecule has 4 nitrogen and oxygen atoms in total. The van der Waals surface area contributed by atoms with Gasteiger partial charge in [0.25, 0.3) is 0 Å². The zero-order chi connectivity index (χ0) is 9.35. The van der Waals surface area contributed by atoms with Crippen molar-refractivity contribution >= 4 is 11.9 Å². The minimum absolute atomic E-state index is 0.310. The van der Waals surface area contributed by atoms with Crippen LogP contribution in [0.2, 0.25) is 0 Å². The van der Waals surface area contributed by atoms with E-state index in [9.17, 15) is 9.59 Å². The SMILES string of the molecule is COC(=O)[C@@H]1C[C@@]1(C)C(=O)OC. The maximum Gasteiger partial charge on any atom is 0.312 e. The van der Waals surface area contributed by atoms with E-state index in [4.69, 9.17) is 0 Å². The maximum atomic E-state index is 11.1. The van der Waals surface area contributed by atoms with Crippen LogP contribution in [0, 0.1) is 11.3 Å². The van der Waals surface area contributed by atoms with Crippen LogP contribution in [0.4, 0.5) is 0 Å².